The molecule has 3 N–H and O–H groups in total. The van der Waals surface area contributed by atoms with E-state index in [1.165, 1.54) is 0 Å². The number of fused-ring (bicyclic) bond motifs is 1. The van der Waals surface area contributed by atoms with Crippen LogP contribution in [0, 0.1) is 20.8 Å². The molecule has 19 heavy (non-hydrogen) atoms. The van der Waals surface area contributed by atoms with Crippen molar-refractivity contribution in [1.82, 2.24) is 9.97 Å². The first-order valence-electron chi connectivity index (χ1n) is 5.90. The molecule has 4 nitrogen and oxygen atoms in total. The zero-order chi connectivity index (χ0) is 14.2. The van der Waals surface area contributed by atoms with Gasteiger partial charge in [-0.2, -0.15) is 0 Å². The Morgan fingerprint density at radius 2 is 1.95 bits per heavy atom. The average molecular weight is 286 g/mol. The van der Waals surface area contributed by atoms with Gasteiger partial charge in [0.1, 0.15) is 16.5 Å². The van der Waals surface area contributed by atoms with Crippen LogP contribution in [0.3, 0.4) is 0 Å². The normalized spacial score (nSPS) is 12.1. The summed E-state index contributed by atoms with van der Waals surface area (Å²) >= 11 is 1.54. The maximum absolute atomic E-state index is 13.2. The standard InChI is InChI=1S/C12H16F2N4S/c1-6-7(2)19-11-9(6)10(17-8(3)18-11)16-5-12(13,14)4-15/h4-5,15H2,1-3H3,(H,16,17,18). The van der Waals surface area contributed by atoms with Gasteiger partial charge < -0.3 is 11.1 Å². The number of nitrogens with zero attached hydrogens (tertiary/aromatic N) is 2. The second-order valence-electron chi connectivity index (χ2n) is 4.50. The van der Waals surface area contributed by atoms with Gasteiger partial charge in [-0.25, -0.2) is 18.7 Å². The van der Waals surface area contributed by atoms with E-state index in [1.54, 1.807) is 18.3 Å². The van der Waals surface area contributed by atoms with Crippen LogP contribution in [0.4, 0.5) is 14.6 Å². The van der Waals surface area contributed by atoms with E-state index in [9.17, 15) is 8.78 Å². The van der Waals surface area contributed by atoms with E-state index in [0.29, 0.717) is 11.6 Å². The number of aromatic nitrogens is 2. The lowest BCUT2D eigenvalue weighted by atomic mass is 10.2. The van der Waals surface area contributed by atoms with Crippen molar-refractivity contribution in [3.05, 3.63) is 16.3 Å². The fourth-order valence-electron chi connectivity index (χ4n) is 1.77. The summed E-state index contributed by atoms with van der Waals surface area (Å²) in [6.45, 7) is 4.46. The molecule has 7 heteroatoms. The lowest BCUT2D eigenvalue weighted by molar-refractivity contribution is 0.0253. The monoisotopic (exact) mass is 286 g/mol. The number of aryl methyl sites for hydroxylation is 3. The van der Waals surface area contributed by atoms with E-state index < -0.39 is 19.0 Å². The zero-order valence-electron chi connectivity index (χ0n) is 11.1. The van der Waals surface area contributed by atoms with Gasteiger partial charge in [0.05, 0.1) is 18.5 Å². The average Bonchev–Trinajstić information content (AvgIpc) is 2.62. The zero-order valence-corrected chi connectivity index (χ0v) is 11.9. The summed E-state index contributed by atoms with van der Waals surface area (Å²) in [5.74, 6) is -1.92. The smallest absolute Gasteiger partial charge is 0.276 e. The van der Waals surface area contributed by atoms with Gasteiger partial charge in [0.15, 0.2) is 0 Å². The third kappa shape index (κ3) is 2.82. The van der Waals surface area contributed by atoms with E-state index >= 15 is 0 Å². The van der Waals surface area contributed by atoms with Crippen molar-refractivity contribution < 1.29 is 8.78 Å². The summed E-state index contributed by atoms with van der Waals surface area (Å²) in [5.41, 5.74) is 6.05. The Bertz CT molecular complexity index is 609. The number of rotatable bonds is 4. The van der Waals surface area contributed by atoms with Crippen molar-refractivity contribution in [3.63, 3.8) is 0 Å². The largest absolute Gasteiger partial charge is 0.363 e. The number of nitrogens with two attached hydrogens (primary N) is 1. The highest BCUT2D eigenvalue weighted by Crippen LogP contribution is 2.33. The molecule has 0 aromatic carbocycles. The molecule has 104 valence electrons. The summed E-state index contributed by atoms with van der Waals surface area (Å²) in [7, 11) is 0. The quantitative estimate of drug-likeness (QED) is 0.907. The summed E-state index contributed by atoms with van der Waals surface area (Å²) < 4.78 is 26.4. The Morgan fingerprint density at radius 3 is 2.58 bits per heavy atom. The van der Waals surface area contributed by atoms with Crippen molar-refractivity contribution >= 4 is 27.4 Å². The lowest BCUT2D eigenvalue weighted by Crippen LogP contribution is -2.35. The number of thiophene rings is 1. The second-order valence-corrected chi connectivity index (χ2v) is 5.70. The predicted octanol–water partition coefficient (Wildman–Crippen LogP) is 2.62. The minimum absolute atomic E-state index is 0.456. The summed E-state index contributed by atoms with van der Waals surface area (Å²) in [4.78, 5) is 10.5. The first kappa shape index (κ1) is 14.1. The second kappa shape index (κ2) is 4.97. The van der Waals surface area contributed by atoms with Gasteiger partial charge in [0.25, 0.3) is 5.92 Å². The molecule has 0 aliphatic heterocycles. The molecule has 2 aromatic heterocycles. The minimum atomic E-state index is -2.94. The van der Waals surface area contributed by atoms with Crippen molar-refractivity contribution in [2.75, 3.05) is 18.4 Å². The van der Waals surface area contributed by atoms with Crippen molar-refractivity contribution in [1.29, 1.82) is 0 Å². The fourth-order valence-corrected chi connectivity index (χ4v) is 2.84. The van der Waals surface area contributed by atoms with Gasteiger partial charge in [-0.1, -0.05) is 0 Å². The molecule has 0 saturated carbocycles. The molecule has 0 fully saturated rings. The minimum Gasteiger partial charge on any atom is -0.363 e. The summed E-state index contributed by atoms with van der Waals surface area (Å²) in [6, 6.07) is 0. The van der Waals surface area contributed by atoms with E-state index in [4.69, 9.17) is 5.73 Å². The molecule has 0 spiro atoms. The number of halogens is 2. The molecule has 0 unspecified atom stereocenters. The highest BCUT2D eigenvalue weighted by molar-refractivity contribution is 7.18. The Kier molecular flexibility index (Phi) is 3.69. The van der Waals surface area contributed by atoms with Crippen molar-refractivity contribution in [2.24, 2.45) is 5.73 Å². The number of hydrogen-bond acceptors (Lipinski definition) is 5. The fraction of sp³-hybridized carbons (Fsp3) is 0.500. The number of anilines is 1. The van der Waals surface area contributed by atoms with E-state index in [2.05, 4.69) is 15.3 Å². The van der Waals surface area contributed by atoms with Gasteiger partial charge in [0, 0.05) is 4.88 Å². The maximum atomic E-state index is 13.2. The molecule has 0 radical (unpaired) electrons. The van der Waals surface area contributed by atoms with E-state index in [1.807, 2.05) is 13.8 Å². The molecule has 0 bridgehead atoms. The van der Waals surface area contributed by atoms with Gasteiger partial charge >= 0.3 is 0 Å². The lowest BCUT2D eigenvalue weighted by Gasteiger charge is -2.15. The molecule has 2 aromatic rings. The Morgan fingerprint density at radius 1 is 1.26 bits per heavy atom. The molecular formula is C12H16F2N4S. The SMILES string of the molecule is Cc1nc(NCC(F)(F)CN)c2c(C)c(C)sc2n1. The molecular weight excluding hydrogens is 270 g/mol. The Labute approximate surface area is 114 Å². The number of nitrogens with one attached hydrogen (secondary N) is 1. The number of hydrogen-bond donors (Lipinski definition) is 2. The van der Waals surface area contributed by atoms with E-state index in [0.717, 1.165) is 20.7 Å². The Hall–Kier alpha value is -1.34. The van der Waals surface area contributed by atoms with Crippen LogP contribution in [0.25, 0.3) is 10.2 Å². The molecule has 0 amide bonds. The molecule has 0 atom stereocenters. The summed E-state index contributed by atoms with van der Waals surface area (Å²) in [6.07, 6.45) is 0. The predicted molar refractivity (Wildman–Crippen MR) is 74.1 cm³/mol. The van der Waals surface area contributed by atoms with Crippen LogP contribution in [0.15, 0.2) is 0 Å². The molecule has 0 aliphatic rings. The topological polar surface area (TPSA) is 63.8 Å². The third-order valence-electron chi connectivity index (χ3n) is 2.95. The summed E-state index contributed by atoms with van der Waals surface area (Å²) in [5, 5.41) is 3.52. The highest BCUT2D eigenvalue weighted by atomic mass is 32.1. The van der Waals surface area contributed by atoms with Crippen LogP contribution >= 0.6 is 11.3 Å². The van der Waals surface area contributed by atoms with Crippen LogP contribution in [0.1, 0.15) is 16.3 Å². The number of alkyl halides is 2. The Balaban J connectivity index is 2.42. The van der Waals surface area contributed by atoms with E-state index in [-0.39, 0.29) is 0 Å². The molecule has 0 aliphatic carbocycles. The van der Waals surface area contributed by atoms with Gasteiger partial charge in [0.2, 0.25) is 0 Å². The van der Waals surface area contributed by atoms with Crippen LogP contribution in [-0.2, 0) is 0 Å². The van der Waals surface area contributed by atoms with Gasteiger partial charge in [-0.15, -0.1) is 11.3 Å². The van der Waals surface area contributed by atoms with Crippen molar-refractivity contribution in [2.45, 2.75) is 26.7 Å². The van der Waals surface area contributed by atoms with Gasteiger partial charge in [-0.05, 0) is 26.3 Å². The van der Waals surface area contributed by atoms with Crippen LogP contribution in [0.5, 0.6) is 0 Å². The first-order valence-corrected chi connectivity index (χ1v) is 6.72. The maximum Gasteiger partial charge on any atom is 0.276 e. The molecule has 0 saturated heterocycles. The third-order valence-corrected chi connectivity index (χ3v) is 4.05. The van der Waals surface area contributed by atoms with Gasteiger partial charge in [-0.3, -0.25) is 0 Å². The highest BCUT2D eigenvalue weighted by Gasteiger charge is 2.27. The molecule has 2 heterocycles. The first-order chi connectivity index (χ1) is 8.84. The van der Waals surface area contributed by atoms with Crippen LogP contribution < -0.4 is 11.1 Å². The van der Waals surface area contributed by atoms with Crippen LogP contribution in [-0.4, -0.2) is 29.0 Å². The van der Waals surface area contributed by atoms with Crippen LogP contribution in [0.2, 0.25) is 0 Å². The van der Waals surface area contributed by atoms with Crippen molar-refractivity contribution in [3.8, 4) is 0 Å². The molecule has 2 rings (SSSR count).